The second kappa shape index (κ2) is 6.26. The largest absolute Gasteiger partial charge is 0.368 e. The second-order valence-electron chi connectivity index (χ2n) is 5.63. The molecule has 4 N–H and O–H groups in total. The summed E-state index contributed by atoms with van der Waals surface area (Å²) in [6.45, 7) is 3.60. The van der Waals surface area contributed by atoms with E-state index in [0.29, 0.717) is 6.42 Å². The molecule has 0 spiro atoms. The maximum atomic E-state index is 11.8. The van der Waals surface area contributed by atoms with Gasteiger partial charge in [-0.05, 0) is 28.8 Å². The number of halogens is 1. The summed E-state index contributed by atoms with van der Waals surface area (Å²) in [4.78, 5) is 21.6. The quantitative estimate of drug-likeness (QED) is 0.779. The number of aromatic nitrogens is 2. The highest BCUT2D eigenvalue weighted by atomic mass is 79.9. The van der Waals surface area contributed by atoms with Crippen LogP contribution in [0.2, 0.25) is 0 Å². The predicted octanol–water partition coefficient (Wildman–Crippen LogP) is 2.60. The van der Waals surface area contributed by atoms with Crippen LogP contribution in [-0.2, 0) is 4.79 Å². The van der Waals surface area contributed by atoms with Crippen molar-refractivity contribution in [3.05, 3.63) is 16.9 Å². The topological polar surface area (TPSA) is 87.0 Å². The molecular weight excluding hydrogens is 346 g/mol. The van der Waals surface area contributed by atoms with E-state index in [0.717, 1.165) is 52.8 Å². The number of carbonyl (C=O) groups excluding carboxylic acids is 1. The van der Waals surface area contributed by atoms with E-state index in [1.165, 1.54) is 0 Å². The number of hydrogen-bond donors (Lipinski definition) is 3. The highest BCUT2D eigenvalue weighted by Gasteiger charge is 2.23. The van der Waals surface area contributed by atoms with Gasteiger partial charge in [-0.2, -0.15) is 0 Å². The first-order valence-electron chi connectivity index (χ1n) is 7.56. The highest BCUT2D eigenvalue weighted by molar-refractivity contribution is 9.10. The predicted molar refractivity (Wildman–Crippen MR) is 92.1 cm³/mol. The summed E-state index contributed by atoms with van der Waals surface area (Å²) in [6.07, 6.45) is 6.15. The van der Waals surface area contributed by atoms with E-state index in [-0.39, 0.29) is 11.9 Å². The molecule has 118 valence electrons. The van der Waals surface area contributed by atoms with Crippen LogP contribution in [0.1, 0.15) is 26.2 Å². The number of H-pyrrole nitrogens is 1. The third kappa shape index (κ3) is 2.83. The van der Waals surface area contributed by atoms with Gasteiger partial charge in [-0.15, -0.1) is 0 Å². The minimum atomic E-state index is -0.0119. The van der Waals surface area contributed by atoms with E-state index in [1.54, 1.807) is 12.4 Å². The Hall–Kier alpha value is -1.60. The maximum Gasteiger partial charge on any atom is 0.224 e. The number of nitrogens with one attached hydrogen (secondary N) is 2. The van der Waals surface area contributed by atoms with E-state index in [4.69, 9.17) is 5.73 Å². The van der Waals surface area contributed by atoms with Crippen molar-refractivity contribution >= 4 is 44.2 Å². The van der Waals surface area contributed by atoms with Crippen LogP contribution in [0.4, 0.5) is 11.4 Å². The minimum absolute atomic E-state index is 0.0119. The summed E-state index contributed by atoms with van der Waals surface area (Å²) in [6, 6.07) is 0.177. The average molecular weight is 366 g/mol. The molecule has 1 aliphatic heterocycles. The van der Waals surface area contributed by atoms with E-state index >= 15 is 0 Å². The monoisotopic (exact) mass is 365 g/mol. The molecule has 2 aromatic heterocycles. The molecule has 0 radical (unpaired) electrons. The zero-order valence-electron chi connectivity index (χ0n) is 12.5. The summed E-state index contributed by atoms with van der Waals surface area (Å²) >= 11 is 3.60. The van der Waals surface area contributed by atoms with Gasteiger partial charge in [0.25, 0.3) is 0 Å². The average Bonchev–Trinajstić information content (AvgIpc) is 2.90. The van der Waals surface area contributed by atoms with Crippen molar-refractivity contribution in [2.45, 2.75) is 32.2 Å². The molecule has 0 bridgehead atoms. The Morgan fingerprint density at radius 2 is 2.45 bits per heavy atom. The molecule has 1 atom stereocenters. The Balaban J connectivity index is 2.08. The Morgan fingerprint density at radius 3 is 3.18 bits per heavy atom. The molecule has 0 aliphatic carbocycles. The van der Waals surface area contributed by atoms with E-state index < -0.39 is 0 Å². The highest BCUT2D eigenvalue weighted by Crippen LogP contribution is 2.38. The van der Waals surface area contributed by atoms with Gasteiger partial charge < -0.3 is 20.9 Å². The van der Waals surface area contributed by atoms with Gasteiger partial charge >= 0.3 is 0 Å². The first-order valence-corrected chi connectivity index (χ1v) is 8.35. The fraction of sp³-hybridized carbons (Fsp3) is 0.467. The molecule has 0 aromatic carbocycles. The molecular formula is C15H20BrN5O. The van der Waals surface area contributed by atoms with Gasteiger partial charge in [0.15, 0.2) is 0 Å². The smallest absolute Gasteiger partial charge is 0.224 e. The summed E-state index contributed by atoms with van der Waals surface area (Å²) in [7, 11) is 0. The van der Waals surface area contributed by atoms with Crippen LogP contribution in [0, 0.1) is 0 Å². The Kier molecular flexibility index (Phi) is 4.35. The number of pyridine rings is 1. The van der Waals surface area contributed by atoms with E-state index in [1.807, 2.05) is 6.92 Å². The number of rotatable bonds is 3. The first kappa shape index (κ1) is 15.3. The van der Waals surface area contributed by atoms with Crippen LogP contribution in [0.25, 0.3) is 11.0 Å². The van der Waals surface area contributed by atoms with Crippen molar-refractivity contribution in [2.24, 2.45) is 5.73 Å². The number of amides is 1. The minimum Gasteiger partial charge on any atom is -0.368 e. The third-order valence-corrected chi connectivity index (χ3v) is 4.58. The summed E-state index contributed by atoms with van der Waals surface area (Å²) < 4.78 is 0.917. The third-order valence-electron chi connectivity index (χ3n) is 4.00. The number of hydrogen-bond acceptors (Lipinski definition) is 4. The van der Waals surface area contributed by atoms with Crippen molar-refractivity contribution in [3.8, 4) is 0 Å². The van der Waals surface area contributed by atoms with Gasteiger partial charge in [0, 0.05) is 37.9 Å². The van der Waals surface area contributed by atoms with Crippen LogP contribution in [0.15, 0.2) is 16.9 Å². The molecule has 0 saturated carbocycles. The summed E-state index contributed by atoms with van der Waals surface area (Å²) in [5, 5.41) is 3.88. The number of nitrogens with two attached hydrogens (primary N) is 1. The lowest BCUT2D eigenvalue weighted by molar-refractivity contribution is -0.115. The van der Waals surface area contributed by atoms with Gasteiger partial charge in [-0.1, -0.05) is 6.92 Å². The molecule has 1 aliphatic rings. The Labute approximate surface area is 137 Å². The van der Waals surface area contributed by atoms with Crippen molar-refractivity contribution in [1.82, 2.24) is 9.97 Å². The SMILES string of the molecule is CCC(=O)Nc1c[nH]c2ncc(Br)c(N3CCCC(N)C3)c12. The lowest BCUT2D eigenvalue weighted by Gasteiger charge is -2.33. The molecule has 1 saturated heterocycles. The Bertz CT molecular complexity index is 699. The zero-order chi connectivity index (χ0) is 15.7. The molecule has 3 heterocycles. The van der Waals surface area contributed by atoms with Gasteiger partial charge in [-0.25, -0.2) is 4.98 Å². The van der Waals surface area contributed by atoms with Gasteiger partial charge in [-0.3, -0.25) is 4.79 Å². The molecule has 1 fully saturated rings. The number of fused-ring (bicyclic) bond motifs is 1. The lowest BCUT2D eigenvalue weighted by Crippen LogP contribution is -2.43. The molecule has 22 heavy (non-hydrogen) atoms. The molecule has 6 nitrogen and oxygen atoms in total. The fourth-order valence-corrected chi connectivity index (χ4v) is 3.47. The fourth-order valence-electron chi connectivity index (χ4n) is 2.92. The summed E-state index contributed by atoms with van der Waals surface area (Å²) in [5.74, 6) is -0.0119. The second-order valence-corrected chi connectivity index (χ2v) is 6.49. The number of piperidine rings is 1. The molecule has 1 unspecified atom stereocenters. The van der Waals surface area contributed by atoms with Crippen LogP contribution >= 0.6 is 15.9 Å². The number of aromatic amines is 1. The standard InChI is InChI=1S/C15H20BrN5O/c1-2-12(22)20-11-7-19-15-13(11)14(10(16)6-18-15)21-5-3-4-9(17)8-21/h6-7,9H,2-5,8,17H2,1H3,(H,18,19)(H,20,22). The van der Waals surface area contributed by atoms with Gasteiger partial charge in [0.1, 0.15) is 5.65 Å². The maximum absolute atomic E-state index is 11.8. The summed E-state index contributed by atoms with van der Waals surface area (Å²) in [5.41, 5.74) is 8.71. The zero-order valence-corrected chi connectivity index (χ0v) is 14.1. The molecule has 2 aromatic rings. The van der Waals surface area contributed by atoms with Crippen LogP contribution in [-0.4, -0.2) is 35.0 Å². The van der Waals surface area contributed by atoms with E-state index in [9.17, 15) is 4.79 Å². The van der Waals surface area contributed by atoms with Gasteiger partial charge in [0.05, 0.1) is 21.2 Å². The van der Waals surface area contributed by atoms with Crippen molar-refractivity contribution in [1.29, 1.82) is 0 Å². The van der Waals surface area contributed by atoms with Crippen LogP contribution in [0.3, 0.4) is 0 Å². The van der Waals surface area contributed by atoms with Crippen LogP contribution in [0.5, 0.6) is 0 Å². The van der Waals surface area contributed by atoms with Crippen molar-refractivity contribution in [2.75, 3.05) is 23.3 Å². The van der Waals surface area contributed by atoms with E-state index in [2.05, 4.69) is 36.1 Å². The Morgan fingerprint density at radius 1 is 1.64 bits per heavy atom. The van der Waals surface area contributed by atoms with Crippen molar-refractivity contribution < 1.29 is 4.79 Å². The first-order chi connectivity index (χ1) is 10.6. The number of anilines is 2. The molecule has 7 heteroatoms. The van der Waals surface area contributed by atoms with Crippen LogP contribution < -0.4 is 16.0 Å². The lowest BCUT2D eigenvalue weighted by atomic mass is 10.1. The molecule has 3 rings (SSSR count). The normalized spacial score (nSPS) is 18.7. The molecule has 1 amide bonds. The number of carbonyl (C=O) groups is 1. The van der Waals surface area contributed by atoms with Gasteiger partial charge in [0.2, 0.25) is 5.91 Å². The number of nitrogens with zero attached hydrogens (tertiary/aromatic N) is 2. The van der Waals surface area contributed by atoms with Crippen molar-refractivity contribution in [3.63, 3.8) is 0 Å².